The number of nitrogens with zero attached hydrogens (tertiary/aromatic N) is 1. The van der Waals surface area contributed by atoms with Crippen molar-refractivity contribution in [3.8, 4) is 0 Å². The summed E-state index contributed by atoms with van der Waals surface area (Å²) >= 11 is 0. The minimum Gasteiger partial charge on any atom is -0.226 e. The highest BCUT2D eigenvalue weighted by atomic mass is 31.7. The van der Waals surface area contributed by atoms with E-state index < -0.39 is 0 Å². The van der Waals surface area contributed by atoms with Gasteiger partial charge in [0.15, 0.2) is 0 Å². The van der Waals surface area contributed by atoms with Gasteiger partial charge in [0, 0.05) is 11.2 Å². The van der Waals surface area contributed by atoms with Crippen LogP contribution in [0.3, 0.4) is 0 Å². The molecule has 0 aromatic heterocycles. The molecule has 0 aromatic carbocycles. The zero-order chi connectivity index (χ0) is 10.5. The maximum atomic E-state index is 4.68. The Balaban J connectivity index is 1.96. The summed E-state index contributed by atoms with van der Waals surface area (Å²) in [5, 5.41) is 6.23. The maximum Gasteiger partial charge on any atom is 0.0699 e. The van der Waals surface area contributed by atoms with Crippen molar-refractivity contribution in [3.63, 3.8) is 0 Å². The van der Waals surface area contributed by atoms with Crippen molar-refractivity contribution in [1.82, 2.24) is 5.09 Å². The summed E-state index contributed by atoms with van der Waals surface area (Å²) in [7, 11) is 2.70. The average molecular weight is 240 g/mol. The van der Waals surface area contributed by atoms with Gasteiger partial charge >= 0.3 is 0 Å². The summed E-state index contributed by atoms with van der Waals surface area (Å²) in [6, 6.07) is 0. The Bertz CT molecular complexity index is 261. The molecule has 2 aliphatic rings. The quantitative estimate of drug-likeness (QED) is 0.551. The molecular formula is C12H20NP2. The summed E-state index contributed by atoms with van der Waals surface area (Å²) in [5.41, 5.74) is 1.47. The number of rotatable bonds is 1. The van der Waals surface area contributed by atoms with Crippen LogP contribution in [0, 0.1) is 5.92 Å². The predicted octanol–water partition coefficient (Wildman–Crippen LogP) is 5.31. The molecule has 83 valence electrons. The highest BCUT2D eigenvalue weighted by Crippen LogP contribution is 2.40. The lowest BCUT2D eigenvalue weighted by Gasteiger charge is -2.16. The van der Waals surface area contributed by atoms with E-state index in [2.05, 4.69) is 12.0 Å². The van der Waals surface area contributed by atoms with Gasteiger partial charge in [-0.3, -0.25) is 0 Å². The first kappa shape index (κ1) is 11.6. The fourth-order valence-electron chi connectivity index (χ4n) is 2.54. The molecule has 1 heterocycles. The van der Waals surface area contributed by atoms with Crippen LogP contribution in [0.1, 0.15) is 58.3 Å². The number of hydrogen-bond acceptors (Lipinski definition) is 0. The molecular weight excluding hydrogens is 220 g/mol. The fourth-order valence-corrected chi connectivity index (χ4v) is 4.68. The Hall–Kier alpha value is 0.140. The standard InChI is InChI=1S/C12H20NP2/c1-10-12(13-15-14-10)11-8-6-4-2-3-5-7-9-11/h11H,2-9H2,1H3. The number of allylic oxidation sites excluding steroid dienone is 2. The molecule has 0 saturated heterocycles. The van der Waals surface area contributed by atoms with E-state index in [1.54, 1.807) is 5.31 Å². The summed E-state index contributed by atoms with van der Waals surface area (Å²) in [4.78, 5) is 0. The van der Waals surface area contributed by atoms with Gasteiger partial charge in [0.2, 0.25) is 0 Å². The monoisotopic (exact) mass is 240 g/mol. The third kappa shape index (κ3) is 3.30. The molecule has 1 aliphatic carbocycles. The van der Waals surface area contributed by atoms with E-state index in [9.17, 15) is 0 Å². The highest BCUT2D eigenvalue weighted by molar-refractivity contribution is 7.85. The van der Waals surface area contributed by atoms with E-state index in [0.29, 0.717) is 0 Å². The van der Waals surface area contributed by atoms with Crippen molar-refractivity contribution in [2.45, 2.75) is 58.3 Å². The van der Waals surface area contributed by atoms with Crippen molar-refractivity contribution in [3.05, 3.63) is 11.0 Å². The van der Waals surface area contributed by atoms with Crippen molar-refractivity contribution in [1.29, 1.82) is 0 Å². The average Bonchev–Trinajstić information content (AvgIpc) is 2.68. The van der Waals surface area contributed by atoms with Crippen molar-refractivity contribution >= 4 is 15.9 Å². The predicted molar refractivity (Wildman–Crippen MR) is 69.1 cm³/mol. The third-order valence-corrected chi connectivity index (χ3v) is 5.82. The molecule has 0 bridgehead atoms. The molecule has 0 amide bonds. The molecule has 2 rings (SSSR count). The number of hydrogen-bond donors (Lipinski definition) is 0. The minimum atomic E-state index is 0.797. The van der Waals surface area contributed by atoms with Crippen LogP contribution in [-0.4, -0.2) is 0 Å². The first-order valence-corrected chi connectivity index (χ1v) is 8.65. The van der Waals surface area contributed by atoms with Crippen molar-refractivity contribution in [2.24, 2.45) is 5.92 Å². The van der Waals surface area contributed by atoms with E-state index in [0.717, 1.165) is 5.92 Å². The molecule has 0 spiro atoms. The first-order valence-electron chi connectivity index (χ1n) is 6.20. The lowest BCUT2D eigenvalue weighted by atomic mass is 9.93. The van der Waals surface area contributed by atoms with Crippen molar-refractivity contribution in [2.75, 3.05) is 0 Å². The largest absolute Gasteiger partial charge is 0.226 e. The van der Waals surface area contributed by atoms with Gasteiger partial charge < -0.3 is 0 Å². The lowest BCUT2D eigenvalue weighted by Crippen LogP contribution is -2.08. The molecule has 3 heteroatoms. The SMILES string of the molecule is CC1=C(C2CCCCCCCC2)[N]P=P1. The second-order valence-electron chi connectivity index (χ2n) is 4.66. The Morgan fingerprint density at radius 3 is 2.13 bits per heavy atom. The third-order valence-electron chi connectivity index (χ3n) is 3.46. The van der Waals surface area contributed by atoms with Crippen LogP contribution in [0.15, 0.2) is 11.0 Å². The molecule has 0 N–H and O–H groups in total. The second kappa shape index (κ2) is 6.02. The van der Waals surface area contributed by atoms with Crippen LogP contribution in [-0.2, 0) is 0 Å². The van der Waals surface area contributed by atoms with E-state index in [-0.39, 0.29) is 0 Å². The van der Waals surface area contributed by atoms with Gasteiger partial charge in [0.05, 0.1) is 13.7 Å². The van der Waals surface area contributed by atoms with Gasteiger partial charge in [-0.25, -0.2) is 5.09 Å². The van der Waals surface area contributed by atoms with Gasteiger partial charge in [-0.15, -0.1) is 0 Å². The first-order chi connectivity index (χ1) is 7.38. The zero-order valence-corrected chi connectivity index (χ0v) is 11.4. The highest BCUT2D eigenvalue weighted by Gasteiger charge is 2.20. The van der Waals surface area contributed by atoms with E-state index in [1.807, 2.05) is 0 Å². The Kier molecular flexibility index (Phi) is 4.66. The van der Waals surface area contributed by atoms with Gasteiger partial charge in [-0.1, -0.05) is 38.5 Å². The van der Waals surface area contributed by atoms with Crippen LogP contribution in [0.25, 0.3) is 0 Å². The summed E-state index contributed by atoms with van der Waals surface area (Å²) in [6.07, 6.45) is 11.4. The van der Waals surface area contributed by atoms with E-state index >= 15 is 0 Å². The Morgan fingerprint density at radius 2 is 1.60 bits per heavy atom. The maximum absolute atomic E-state index is 4.68. The van der Waals surface area contributed by atoms with Crippen LogP contribution in [0.4, 0.5) is 0 Å². The van der Waals surface area contributed by atoms with Gasteiger partial charge in [0.1, 0.15) is 0 Å². The molecule has 1 nitrogen and oxygen atoms in total. The normalized spacial score (nSPS) is 26.7. The Morgan fingerprint density at radius 1 is 1.00 bits per heavy atom. The van der Waals surface area contributed by atoms with Gasteiger partial charge in [-0.05, 0) is 27.6 Å². The molecule has 1 aliphatic heterocycles. The van der Waals surface area contributed by atoms with Crippen LogP contribution in [0.2, 0.25) is 0 Å². The van der Waals surface area contributed by atoms with Crippen LogP contribution >= 0.6 is 15.9 Å². The van der Waals surface area contributed by atoms with Crippen LogP contribution in [0.5, 0.6) is 0 Å². The summed E-state index contributed by atoms with van der Waals surface area (Å²) in [5.74, 6) is 0.797. The van der Waals surface area contributed by atoms with Gasteiger partial charge in [0.25, 0.3) is 0 Å². The fraction of sp³-hybridized carbons (Fsp3) is 0.833. The molecule has 1 radical (unpaired) electrons. The molecule has 1 fully saturated rings. The molecule has 0 aromatic rings. The summed E-state index contributed by atoms with van der Waals surface area (Å²) in [6.45, 7) is 2.27. The molecule has 0 atom stereocenters. The Labute approximate surface area is 96.6 Å². The van der Waals surface area contributed by atoms with Crippen LogP contribution < -0.4 is 5.09 Å². The molecule has 15 heavy (non-hydrogen) atoms. The zero-order valence-electron chi connectivity index (χ0n) is 9.58. The lowest BCUT2D eigenvalue weighted by molar-refractivity contribution is 0.475. The van der Waals surface area contributed by atoms with Crippen molar-refractivity contribution < 1.29 is 0 Å². The van der Waals surface area contributed by atoms with E-state index in [4.69, 9.17) is 0 Å². The summed E-state index contributed by atoms with van der Waals surface area (Å²) < 4.78 is 0. The topological polar surface area (TPSA) is 14.1 Å². The molecule has 0 unspecified atom stereocenters. The van der Waals surface area contributed by atoms with E-state index in [1.165, 1.54) is 72.9 Å². The second-order valence-corrected chi connectivity index (χ2v) is 7.04. The van der Waals surface area contributed by atoms with Gasteiger partial charge in [-0.2, -0.15) is 0 Å². The smallest absolute Gasteiger partial charge is 0.0699 e. The minimum absolute atomic E-state index is 0.797. The molecule has 1 saturated carbocycles.